The number of ether oxygens (including phenoxy) is 2. The lowest BCUT2D eigenvalue weighted by molar-refractivity contribution is -0.123. The number of carbonyl (C=O) groups is 1. The van der Waals surface area contributed by atoms with E-state index in [-0.39, 0.29) is 12.5 Å². The van der Waals surface area contributed by atoms with Crippen molar-refractivity contribution in [2.75, 3.05) is 13.7 Å². The molecule has 0 aliphatic heterocycles. The van der Waals surface area contributed by atoms with Gasteiger partial charge in [0.15, 0.2) is 6.61 Å². The summed E-state index contributed by atoms with van der Waals surface area (Å²) in [4.78, 5) is 15.2. The van der Waals surface area contributed by atoms with Gasteiger partial charge in [0.25, 0.3) is 5.91 Å². The van der Waals surface area contributed by atoms with Crippen LogP contribution in [0.4, 0.5) is 0 Å². The minimum Gasteiger partial charge on any atom is -0.497 e. The van der Waals surface area contributed by atoms with Crippen LogP contribution >= 0.6 is 0 Å². The molecule has 0 saturated heterocycles. The monoisotopic (exact) mass is 389 g/mol. The number of nitrogens with zero attached hydrogens (tertiary/aromatic N) is 1. The van der Waals surface area contributed by atoms with Crippen molar-refractivity contribution in [2.24, 2.45) is 5.10 Å². The molecule has 0 fully saturated rings. The van der Waals surface area contributed by atoms with Gasteiger partial charge in [-0.05, 0) is 53.4 Å². The van der Waals surface area contributed by atoms with Crippen LogP contribution in [0, 0.1) is 0 Å². The number of furan rings is 1. The Bertz CT molecular complexity index is 1150. The summed E-state index contributed by atoms with van der Waals surface area (Å²) in [5, 5.41) is 5.10. The first-order valence-electron chi connectivity index (χ1n) is 8.97. The molecule has 0 bridgehead atoms. The second-order valence-electron chi connectivity index (χ2n) is 6.25. The number of hydrogen-bond acceptors (Lipinski definition) is 5. The predicted octanol–water partition coefficient (Wildman–Crippen LogP) is 3.97. The first kappa shape index (κ1) is 18.4. The molecule has 7 heteroatoms. The summed E-state index contributed by atoms with van der Waals surface area (Å²) < 4.78 is 16.4. The molecule has 146 valence electrons. The van der Waals surface area contributed by atoms with Crippen molar-refractivity contribution in [3.8, 4) is 22.8 Å². The average molecular weight is 389 g/mol. The number of nitrogens with one attached hydrogen (secondary N) is 2. The van der Waals surface area contributed by atoms with E-state index in [2.05, 4.69) is 15.5 Å². The second kappa shape index (κ2) is 8.35. The topological polar surface area (TPSA) is 88.9 Å². The minimum atomic E-state index is -0.372. The molecule has 2 aromatic carbocycles. The predicted molar refractivity (Wildman–Crippen MR) is 110 cm³/mol. The normalized spacial score (nSPS) is 11.1. The molecule has 7 nitrogen and oxygen atoms in total. The average Bonchev–Trinajstić information content (AvgIpc) is 3.43. The van der Waals surface area contributed by atoms with Gasteiger partial charge in [-0.2, -0.15) is 5.10 Å². The Labute approximate surface area is 166 Å². The lowest BCUT2D eigenvalue weighted by Crippen LogP contribution is -2.24. The van der Waals surface area contributed by atoms with Crippen LogP contribution in [0.25, 0.3) is 22.2 Å². The Morgan fingerprint density at radius 1 is 1.21 bits per heavy atom. The summed E-state index contributed by atoms with van der Waals surface area (Å²) >= 11 is 0. The molecule has 0 radical (unpaired) electrons. The molecule has 2 heterocycles. The number of methoxy groups -OCH3 is 1. The quantitative estimate of drug-likeness (QED) is 0.370. The van der Waals surface area contributed by atoms with Crippen LogP contribution in [-0.2, 0) is 4.79 Å². The molecule has 0 aliphatic rings. The van der Waals surface area contributed by atoms with Crippen molar-refractivity contribution >= 4 is 23.0 Å². The largest absolute Gasteiger partial charge is 0.497 e. The number of hydrogen-bond donors (Lipinski definition) is 2. The summed E-state index contributed by atoms with van der Waals surface area (Å²) in [5.74, 6) is 1.43. The Balaban J connectivity index is 1.38. The lowest BCUT2D eigenvalue weighted by Gasteiger charge is -2.11. The summed E-state index contributed by atoms with van der Waals surface area (Å²) in [7, 11) is 1.58. The van der Waals surface area contributed by atoms with Crippen LogP contribution in [0.2, 0.25) is 0 Å². The highest BCUT2D eigenvalue weighted by Crippen LogP contribution is 2.33. The van der Waals surface area contributed by atoms with Crippen LogP contribution < -0.4 is 14.9 Å². The van der Waals surface area contributed by atoms with Crippen molar-refractivity contribution in [1.29, 1.82) is 0 Å². The number of hydrazone groups is 1. The minimum absolute atomic E-state index is 0.187. The van der Waals surface area contributed by atoms with Crippen LogP contribution in [0.5, 0.6) is 11.5 Å². The Hall–Kier alpha value is -4.00. The summed E-state index contributed by atoms with van der Waals surface area (Å²) in [6.45, 7) is -0.187. The van der Waals surface area contributed by atoms with E-state index in [1.165, 1.54) is 0 Å². The van der Waals surface area contributed by atoms with Gasteiger partial charge in [0.05, 0.1) is 25.2 Å². The SMILES string of the molecule is COc1ccc(OCC(=O)NN=Cc2ccc3cc[nH]c3c2)c(-c2ccco2)c1. The van der Waals surface area contributed by atoms with E-state index < -0.39 is 0 Å². The van der Waals surface area contributed by atoms with E-state index >= 15 is 0 Å². The van der Waals surface area contributed by atoms with E-state index in [0.29, 0.717) is 22.8 Å². The number of amides is 1. The van der Waals surface area contributed by atoms with Crippen LogP contribution in [0.15, 0.2) is 76.6 Å². The molecule has 0 unspecified atom stereocenters. The molecule has 2 aromatic heterocycles. The first-order chi connectivity index (χ1) is 14.2. The van der Waals surface area contributed by atoms with Gasteiger partial charge in [-0.25, -0.2) is 5.43 Å². The van der Waals surface area contributed by atoms with Gasteiger partial charge < -0.3 is 18.9 Å². The zero-order valence-corrected chi connectivity index (χ0v) is 15.7. The number of benzene rings is 2. The van der Waals surface area contributed by atoms with Gasteiger partial charge in [0.1, 0.15) is 17.3 Å². The summed E-state index contributed by atoms with van der Waals surface area (Å²) in [6, 6.07) is 16.7. The number of fused-ring (bicyclic) bond motifs is 1. The van der Waals surface area contributed by atoms with E-state index in [9.17, 15) is 4.79 Å². The van der Waals surface area contributed by atoms with Crippen molar-refractivity contribution in [1.82, 2.24) is 10.4 Å². The standard InChI is InChI=1S/C22H19N3O4/c1-27-17-6-7-21(18(12-17)20-3-2-10-28-20)29-14-22(26)25-24-13-15-4-5-16-8-9-23-19(16)11-15/h2-13,23H,14H2,1H3,(H,25,26). The van der Waals surface area contributed by atoms with Gasteiger partial charge in [0, 0.05) is 11.7 Å². The number of H-pyrrole nitrogens is 1. The summed E-state index contributed by atoms with van der Waals surface area (Å²) in [6.07, 6.45) is 5.03. The van der Waals surface area contributed by atoms with E-state index in [0.717, 1.165) is 16.5 Å². The number of aromatic amines is 1. The zero-order chi connectivity index (χ0) is 20.1. The first-order valence-corrected chi connectivity index (χ1v) is 8.97. The smallest absolute Gasteiger partial charge is 0.277 e. The fourth-order valence-corrected chi connectivity index (χ4v) is 2.89. The van der Waals surface area contributed by atoms with Gasteiger partial charge in [-0.1, -0.05) is 12.1 Å². The van der Waals surface area contributed by atoms with Crippen molar-refractivity contribution in [3.63, 3.8) is 0 Å². The maximum absolute atomic E-state index is 12.1. The fraction of sp³-hybridized carbons (Fsp3) is 0.0909. The van der Waals surface area contributed by atoms with E-state index in [1.54, 1.807) is 43.9 Å². The number of carbonyl (C=O) groups excluding carboxylic acids is 1. The molecule has 1 amide bonds. The van der Waals surface area contributed by atoms with E-state index in [1.807, 2.05) is 36.5 Å². The van der Waals surface area contributed by atoms with Gasteiger partial charge in [0.2, 0.25) is 0 Å². The Morgan fingerprint density at radius 3 is 2.97 bits per heavy atom. The third kappa shape index (κ3) is 4.30. The fourth-order valence-electron chi connectivity index (χ4n) is 2.89. The van der Waals surface area contributed by atoms with Gasteiger partial charge in [-0.15, -0.1) is 0 Å². The molecule has 29 heavy (non-hydrogen) atoms. The van der Waals surface area contributed by atoms with Crippen LogP contribution in [0.1, 0.15) is 5.56 Å². The maximum Gasteiger partial charge on any atom is 0.277 e. The molecular formula is C22H19N3O4. The highest BCUT2D eigenvalue weighted by Gasteiger charge is 2.12. The molecule has 0 atom stereocenters. The van der Waals surface area contributed by atoms with E-state index in [4.69, 9.17) is 13.9 Å². The van der Waals surface area contributed by atoms with Crippen molar-refractivity contribution < 1.29 is 18.7 Å². The number of rotatable bonds is 7. The molecular weight excluding hydrogens is 370 g/mol. The maximum atomic E-state index is 12.1. The van der Waals surface area contributed by atoms with Crippen molar-refractivity contribution in [2.45, 2.75) is 0 Å². The molecule has 0 spiro atoms. The zero-order valence-electron chi connectivity index (χ0n) is 15.7. The molecule has 4 aromatic rings. The second-order valence-corrected chi connectivity index (χ2v) is 6.25. The Morgan fingerprint density at radius 2 is 2.14 bits per heavy atom. The van der Waals surface area contributed by atoms with Crippen LogP contribution in [-0.4, -0.2) is 30.8 Å². The summed E-state index contributed by atoms with van der Waals surface area (Å²) in [5.41, 5.74) is 5.05. The van der Waals surface area contributed by atoms with Crippen LogP contribution in [0.3, 0.4) is 0 Å². The molecule has 0 aliphatic carbocycles. The van der Waals surface area contributed by atoms with Gasteiger partial charge >= 0.3 is 0 Å². The molecule has 4 rings (SSSR count). The molecule has 0 saturated carbocycles. The third-order valence-electron chi connectivity index (χ3n) is 4.31. The van der Waals surface area contributed by atoms with Crippen molar-refractivity contribution in [3.05, 3.63) is 72.6 Å². The van der Waals surface area contributed by atoms with Gasteiger partial charge in [-0.3, -0.25) is 4.79 Å². The highest BCUT2D eigenvalue weighted by molar-refractivity contribution is 5.89. The lowest BCUT2D eigenvalue weighted by atomic mass is 10.1. The Kier molecular flexibility index (Phi) is 5.29. The third-order valence-corrected chi connectivity index (χ3v) is 4.31. The molecule has 2 N–H and O–H groups in total. The highest BCUT2D eigenvalue weighted by atomic mass is 16.5. The number of aromatic nitrogens is 1.